The van der Waals surface area contributed by atoms with Crippen LogP contribution in [-0.2, 0) is 0 Å². The first kappa shape index (κ1) is 11.8. The number of anilines is 1. The predicted octanol–water partition coefficient (Wildman–Crippen LogP) is 3.52. The molecule has 0 unspecified atom stereocenters. The molecule has 0 heterocycles. The lowest BCUT2D eigenvalue weighted by atomic mass is 10.1. The zero-order valence-corrected chi connectivity index (χ0v) is 10.1. The van der Waals surface area contributed by atoms with Gasteiger partial charge in [0.05, 0.1) is 5.84 Å². The van der Waals surface area contributed by atoms with Gasteiger partial charge in [0.15, 0.2) is 0 Å². The van der Waals surface area contributed by atoms with Crippen LogP contribution in [0, 0.1) is 19.3 Å². The van der Waals surface area contributed by atoms with E-state index in [1.54, 1.807) is 0 Å². The van der Waals surface area contributed by atoms with Gasteiger partial charge in [-0.3, -0.25) is 5.41 Å². The number of hydrogen-bond acceptors (Lipinski definition) is 1. The summed E-state index contributed by atoms with van der Waals surface area (Å²) in [5.41, 5.74) is 3.62. The molecule has 0 aromatic heterocycles. The van der Waals surface area contributed by atoms with Crippen LogP contribution in [0.25, 0.3) is 0 Å². The Bertz CT molecular complexity index is 335. The molecule has 2 heteroatoms. The number of amidine groups is 1. The van der Waals surface area contributed by atoms with Crippen LogP contribution in [0.4, 0.5) is 5.69 Å². The van der Waals surface area contributed by atoms with Crippen LogP contribution in [0.5, 0.6) is 0 Å². The van der Waals surface area contributed by atoms with Crippen molar-refractivity contribution >= 4 is 11.5 Å². The maximum Gasteiger partial charge on any atom is 0.0999 e. The summed E-state index contributed by atoms with van der Waals surface area (Å²) in [6.45, 7) is 6.28. The van der Waals surface area contributed by atoms with Crippen molar-refractivity contribution in [2.45, 2.75) is 33.6 Å². The van der Waals surface area contributed by atoms with Crippen molar-refractivity contribution in [1.29, 1.82) is 5.41 Å². The van der Waals surface area contributed by atoms with Crippen molar-refractivity contribution in [3.05, 3.63) is 29.3 Å². The average molecular weight is 204 g/mol. The highest BCUT2D eigenvalue weighted by Gasteiger charge is 2.06. The number of aryl methyl sites for hydroxylation is 2. The summed E-state index contributed by atoms with van der Waals surface area (Å²) < 4.78 is 0. The van der Waals surface area contributed by atoms with Crippen LogP contribution in [0.2, 0.25) is 0 Å². The normalized spacial score (nSPS) is 10.1. The van der Waals surface area contributed by atoms with Gasteiger partial charge in [-0.1, -0.05) is 13.0 Å². The third kappa shape index (κ3) is 3.08. The third-order valence-corrected chi connectivity index (χ3v) is 2.49. The van der Waals surface area contributed by atoms with Gasteiger partial charge in [0.25, 0.3) is 0 Å². The Morgan fingerprint density at radius 1 is 1.20 bits per heavy atom. The van der Waals surface area contributed by atoms with Crippen molar-refractivity contribution in [2.75, 3.05) is 11.9 Å². The van der Waals surface area contributed by atoms with E-state index in [9.17, 15) is 0 Å². The van der Waals surface area contributed by atoms with E-state index in [1.807, 2.05) is 11.9 Å². The van der Waals surface area contributed by atoms with E-state index in [2.05, 4.69) is 39.0 Å². The monoisotopic (exact) mass is 204 g/mol. The third-order valence-electron chi connectivity index (χ3n) is 2.49. The lowest BCUT2D eigenvalue weighted by Crippen LogP contribution is -2.25. The van der Waals surface area contributed by atoms with E-state index in [0.717, 1.165) is 18.5 Å². The van der Waals surface area contributed by atoms with E-state index in [1.165, 1.54) is 11.1 Å². The van der Waals surface area contributed by atoms with E-state index < -0.39 is 0 Å². The van der Waals surface area contributed by atoms with Crippen LogP contribution in [-0.4, -0.2) is 12.9 Å². The first-order valence-electron chi connectivity index (χ1n) is 5.44. The average Bonchev–Trinajstić information content (AvgIpc) is 2.15. The second kappa shape index (κ2) is 4.96. The number of hydrogen-bond donors (Lipinski definition) is 1. The summed E-state index contributed by atoms with van der Waals surface area (Å²) >= 11 is 0. The summed E-state index contributed by atoms with van der Waals surface area (Å²) in [6, 6.07) is 6.40. The summed E-state index contributed by atoms with van der Waals surface area (Å²) in [5.74, 6) is 0.683. The minimum absolute atomic E-state index is 0.683. The fourth-order valence-corrected chi connectivity index (χ4v) is 1.70. The fraction of sp³-hybridized carbons (Fsp3) is 0.462. The maximum atomic E-state index is 7.90. The highest BCUT2D eigenvalue weighted by molar-refractivity contribution is 5.95. The first-order valence-corrected chi connectivity index (χ1v) is 5.44. The van der Waals surface area contributed by atoms with Gasteiger partial charge in [-0.05, 0) is 43.5 Å². The molecule has 0 amide bonds. The predicted molar refractivity (Wildman–Crippen MR) is 67.0 cm³/mol. The van der Waals surface area contributed by atoms with Crippen LogP contribution >= 0.6 is 0 Å². The zero-order chi connectivity index (χ0) is 11.4. The first-order chi connectivity index (χ1) is 7.04. The number of nitrogens with zero attached hydrogens (tertiary/aromatic N) is 1. The minimum atomic E-state index is 0.683. The molecule has 15 heavy (non-hydrogen) atoms. The number of benzene rings is 1. The molecule has 0 bridgehead atoms. The van der Waals surface area contributed by atoms with Gasteiger partial charge in [0, 0.05) is 19.2 Å². The van der Waals surface area contributed by atoms with Gasteiger partial charge in [-0.15, -0.1) is 0 Å². The smallest absolute Gasteiger partial charge is 0.0999 e. The summed E-state index contributed by atoms with van der Waals surface area (Å²) in [4.78, 5) is 1.96. The van der Waals surface area contributed by atoms with Gasteiger partial charge < -0.3 is 4.90 Å². The molecule has 0 saturated carbocycles. The Hall–Kier alpha value is -1.31. The molecule has 0 aliphatic carbocycles. The van der Waals surface area contributed by atoms with Crippen molar-refractivity contribution in [1.82, 2.24) is 0 Å². The Kier molecular flexibility index (Phi) is 3.89. The van der Waals surface area contributed by atoms with Crippen LogP contribution < -0.4 is 4.90 Å². The molecule has 2 nitrogen and oxygen atoms in total. The highest BCUT2D eigenvalue weighted by Crippen LogP contribution is 2.18. The summed E-state index contributed by atoms with van der Waals surface area (Å²) in [5, 5.41) is 7.90. The molecule has 82 valence electrons. The molecule has 1 N–H and O–H groups in total. The molecule has 1 rings (SSSR count). The Morgan fingerprint density at radius 3 is 2.20 bits per heavy atom. The molecule has 0 radical (unpaired) electrons. The largest absolute Gasteiger partial charge is 0.333 e. The fourth-order valence-electron chi connectivity index (χ4n) is 1.70. The van der Waals surface area contributed by atoms with Gasteiger partial charge in [-0.2, -0.15) is 0 Å². The maximum absolute atomic E-state index is 7.90. The molecule has 0 spiro atoms. The molecular formula is C13H20N2. The second-order valence-electron chi connectivity index (χ2n) is 4.10. The molecule has 0 aliphatic rings. The van der Waals surface area contributed by atoms with Gasteiger partial charge in [0.2, 0.25) is 0 Å². The molecule has 0 aliphatic heterocycles. The van der Waals surface area contributed by atoms with Gasteiger partial charge in [0.1, 0.15) is 0 Å². The van der Waals surface area contributed by atoms with Crippen LogP contribution in [0.1, 0.15) is 30.9 Å². The standard InChI is InChI=1S/C13H20N2/c1-5-6-13(14)15(4)12-8-10(2)7-11(3)9-12/h7-9,14H,5-6H2,1-4H3. The van der Waals surface area contributed by atoms with E-state index in [-0.39, 0.29) is 0 Å². The van der Waals surface area contributed by atoms with Crippen LogP contribution in [0.15, 0.2) is 18.2 Å². The Morgan fingerprint density at radius 2 is 1.73 bits per heavy atom. The number of rotatable bonds is 3. The van der Waals surface area contributed by atoms with E-state index in [4.69, 9.17) is 5.41 Å². The molecule has 1 aromatic carbocycles. The van der Waals surface area contributed by atoms with Gasteiger partial charge in [-0.25, -0.2) is 0 Å². The van der Waals surface area contributed by atoms with Crippen molar-refractivity contribution < 1.29 is 0 Å². The zero-order valence-electron chi connectivity index (χ0n) is 10.1. The lowest BCUT2D eigenvalue weighted by molar-refractivity contribution is 0.958. The molecule has 1 aromatic rings. The van der Waals surface area contributed by atoms with Crippen molar-refractivity contribution in [3.63, 3.8) is 0 Å². The topological polar surface area (TPSA) is 27.1 Å². The van der Waals surface area contributed by atoms with Crippen LogP contribution in [0.3, 0.4) is 0 Å². The van der Waals surface area contributed by atoms with E-state index in [0.29, 0.717) is 5.84 Å². The van der Waals surface area contributed by atoms with Crippen molar-refractivity contribution in [3.8, 4) is 0 Å². The molecule has 0 atom stereocenters. The molecule has 0 fully saturated rings. The number of nitrogens with one attached hydrogen (secondary N) is 1. The highest BCUT2D eigenvalue weighted by atomic mass is 15.1. The summed E-state index contributed by atoms with van der Waals surface area (Å²) in [6.07, 6.45) is 1.86. The Balaban J connectivity index is 2.90. The molecule has 0 saturated heterocycles. The lowest BCUT2D eigenvalue weighted by Gasteiger charge is -2.20. The minimum Gasteiger partial charge on any atom is -0.333 e. The SMILES string of the molecule is CCCC(=N)N(C)c1cc(C)cc(C)c1. The Labute approximate surface area is 92.4 Å². The van der Waals surface area contributed by atoms with E-state index >= 15 is 0 Å². The second-order valence-corrected chi connectivity index (χ2v) is 4.10. The molecular weight excluding hydrogens is 184 g/mol. The van der Waals surface area contributed by atoms with Crippen molar-refractivity contribution in [2.24, 2.45) is 0 Å². The summed E-state index contributed by atoms with van der Waals surface area (Å²) in [7, 11) is 1.96. The quantitative estimate of drug-likeness (QED) is 0.592. The van der Waals surface area contributed by atoms with Gasteiger partial charge >= 0.3 is 0 Å².